The largest absolute Gasteiger partial charge is 0.394 e. The number of nitrogens with one attached hydrogen (secondary N) is 1. The van der Waals surface area contributed by atoms with E-state index in [0.29, 0.717) is 12.8 Å². The fourth-order valence-corrected chi connectivity index (χ4v) is 9.59. The summed E-state index contributed by atoms with van der Waals surface area (Å²) < 4.78 is 34.2. The highest BCUT2D eigenvalue weighted by Gasteiger charge is 2.53. The van der Waals surface area contributed by atoms with E-state index in [-0.39, 0.29) is 18.9 Å². The number of amides is 1. The highest BCUT2D eigenvalue weighted by Crippen LogP contribution is 2.33. The van der Waals surface area contributed by atoms with Crippen LogP contribution in [0.25, 0.3) is 0 Å². The Morgan fingerprint density at radius 3 is 1.37 bits per heavy atom. The number of aliphatic hydroxyl groups is 11. The Balaban J connectivity index is 1.46. The fourth-order valence-electron chi connectivity index (χ4n) is 9.59. The second-order valence-corrected chi connectivity index (χ2v) is 21.4. The van der Waals surface area contributed by atoms with Crippen molar-refractivity contribution >= 4 is 5.91 Å². The zero-order chi connectivity index (χ0) is 59.7. The number of hydrogen-bond acceptors (Lipinski definition) is 18. The Kier molecular flexibility index (Phi) is 40.1. The van der Waals surface area contributed by atoms with E-state index in [1.54, 1.807) is 6.08 Å². The first-order valence-corrected chi connectivity index (χ1v) is 30.5. The molecule has 0 aromatic carbocycles. The number of hydrogen-bond donors (Lipinski definition) is 12. The Morgan fingerprint density at radius 2 is 0.854 bits per heavy atom. The minimum Gasteiger partial charge on any atom is -0.394 e. The highest BCUT2D eigenvalue weighted by atomic mass is 16.8. The summed E-state index contributed by atoms with van der Waals surface area (Å²) >= 11 is 0. The first-order valence-electron chi connectivity index (χ1n) is 30.5. The van der Waals surface area contributed by atoms with Gasteiger partial charge in [-0.1, -0.05) is 169 Å². The number of unbranched alkanes of at least 4 members (excludes halogenated alkanes) is 13. The third kappa shape index (κ3) is 28.3. The summed E-state index contributed by atoms with van der Waals surface area (Å²) in [5, 5.41) is 120. The monoisotopic (exact) mass is 1160 g/mol. The molecule has 0 bridgehead atoms. The predicted molar refractivity (Wildman–Crippen MR) is 314 cm³/mol. The molecule has 82 heavy (non-hydrogen) atoms. The van der Waals surface area contributed by atoms with Crippen molar-refractivity contribution in [3.63, 3.8) is 0 Å². The van der Waals surface area contributed by atoms with Crippen LogP contribution < -0.4 is 5.32 Å². The summed E-state index contributed by atoms with van der Waals surface area (Å²) in [6.45, 7) is 1.49. The van der Waals surface area contributed by atoms with Crippen molar-refractivity contribution in [1.29, 1.82) is 0 Å². The lowest BCUT2D eigenvalue weighted by Crippen LogP contribution is -2.66. The van der Waals surface area contributed by atoms with Gasteiger partial charge in [0.15, 0.2) is 18.9 Å². The predicted octanol–water partition coefficient (Wildman–Crippen LogP) is 5.76. The van der Waals surface area contributed by atoms with Gasteiger partial charge in [-0.2, -0.15) is 0 Å². The summed E-state index contributed by atoms with van der Waals surface area (Å²) in [5.74, 6) is -0.303. The standard InChI is InChI=1S/C63H105NO18/c1-3-5-7-9-11-13-15-17-18-19-20-21-22-23-24-25-26-27-28-29-31-33-35-37-39-41-51(69)64-46(47(68)40-38-36-34-32-30-16-14-12-10-8-6-4-2)45-77-61-57(75)54(72)59(49(43-66)79-61)82-63-58(76)55(73)60(50(44-67)80-63)81-62-56(74)53(71)52(70)48(42-65)78-62/h5,7,10-13,17-18,20-21,23-24,30,32,38,40,46-50,52-63,65-68,70-76H,3-4,6,8-9,14-16,19,22,25-29,31,33-37,39,41-45H2,1-2H3,(H,64,69)/b7-5-,12-10+,13-11-,18-17-,21-20-,24-23-,32-30+,40-38+. The molecule has 3 aliphatic heterocycles. The zero-order valence-electron chi connectivity index (χ0n) is 48.9. The lowest BCUT2D eigenvalue weighted by Gasteiger charge is -2.48. The quantitative estimate of drug-likeness (QED) is 0.0255. The molecule has 3 heterocycles. The molecule has 12 N–H and O–H groups in total. The Labute approximate surface area is 488 Å². The molecule has 3 rings (SSSR count). The summed E-state index contributed by atoms with van der Waals surface area (Å²) in [7, 11) is 0. The van der Waals surface area contributed by atoms with Crippen LogP contribution >= 0.6 is 0 Å². The summed E-state index contributed by atoms with van der Waals surface area (Å²) in [5.41, 5.74) is 0. The van der Waals surface area contributed by atoms with Gasteiger partial charge in [0.2, 0.25) is 5.91 Å². The molecule has 17 unspecified atom stereocenters. The molecule has 0 spiro atoms. The van der Waals surface area contributed by atoms with Crippen LogP contribution in [0.4, 0.5) is 0 Å². The summed E-state index contributed by atoms with van der Waals surface area (Å²) in [6, 6.07) is -1.00. The van der Waals surface area contributed by atoms with E-state index in [1.807, 2.05) is 6.08 Å². The maximum absolute atomic E-state index is 13.3. The average Bonchev–Trinajstić information content (AvgIpc) is 3.59. The first-order chi connectivity index (χ1) is 39.8. The second kappa shape index (κ2) is 45.1. The minimum absolute atomic E-state index is 0.218. The van der Waals surface area contributed by atoms with Crippen LogP contribution in [0.1, 0.15) is 162 Å². The molecule has 17 atom stereocenters. The second-order valence-electron chi connectivity index (χ2n) is 21.4. The Morgan fingerprint density at radius 1 is 0.451 bits per heavy atom. The summed E-state index contributed by atoms with van der Waals surface area (Å²) in [6.07, 6.45) is 29.7. The molecule has 0 radical (unpaired) electrons. The van der Waals surface area contributed by atoms with Gasteiger partial charge < -0.3 is 89.9 Å². The van der Waals surface area contributed by atoms with Gasteiger partial charge in [-0.25, -0.2) is 0 Å². The van der Waals surface area contributed by atoms with Crippen LogP contribution in [0.15, 0.2) is 97.2 Å². The molecule has 1 amide bonds. The average molecular weight is 1160 g/mol. The molecule has 19 heteroatoms. The van der Waals surface area contributed by atoms with Crippen molar-refractivity contribution < 1.29 is 89.4 Å². The van der Waals surface area contributed by atoms with Crippen molar-refractivity contribution in [2.75, 3.05) is 26.4 Å². The number of carbonyl (C=O) groups is 1. The van der Waals surface area contributed by atoms with E-state index in [1.165, 1.54) is 38.5 Å². The van der Waals surface area contributed by atoms with Gasteiger partial charge in [-0.05, 0) is 83.5 Å². The number of carbonyl (C=O) groups excluding carboxylic acids is 1. The normalized spacial score (nSPS) is 30.3. The van der Waals surface area contributed by atoms with E-state index in [2.05, 4.69) is 104 Å². The van der Waals surface area contributed by atoms with Crippen molar-refractivity contribution in [2.24, 2.45) is 0 Å². The summed E-state index contributed by atoms with van der Waals surface area (Å²) in [4.78, 5) is 13.3. The first kappa shape index (κ1) is 73.0. The number of rotatable bonds is 43. The van der Waals surface area contributed by atoms with E-state index in [0.717, 1.165) is 89.9 Å². The maximum atomic E-state index is 13.3. The van der Waals surface area contributed by atoms with E-state index >= 15 is 0 Å². The molecule has 0 aromatic rings. The van der Waals surface area contributed by atoms with E-state index < -0.39 is 124 Å². The van der Waals surface area contributed by atoms with Crippen LogP contribution in [-0.2, 0) is 33.2 Å². The molecule has 0 aliphatic carbocycles. The smallest absolute Gasteiger partial charge is 0.220 e. The lowest BCUT2D eigenvalue weighted by molar-refractivity contribution is -0.379. The van der Waals surface area contributed by atoms with Crippen LogP contribution in [0.2, 0.25) is 0 Å². The van der Waals surface area contributed by atoms with E-state index in [9.17, 15) is 61.0 Å². The topological polar surface area (TPSA) is 307 Å². The molecule has 3 aliphatic rings. The van der Waals surface area contributed by atoms with Crippen LogP contribution in [-0.4, -0.2) is 193 Å². The molecule has 3 fully saturated rings. The van der Waals surface area contributed by atoms with Gasteiger partial charge in [0, 0.05) is 6.42 Å². The minimum atomic E-state index is -1.99. The zero-order valence-corrected chi connectivity index (χ0v) is 48.9. The third-order valence-corrected chi connectivity index (χ3v) is 14.6. The van der Waals surface area contributed by atoms with Crippen molar-refractivity contribution in [2.45, 2.75) is 266 Å². The Bertz CT molecular complexity index is 1870. The van der Waals surface area contributed by atoms with Crippen molar-refractivity contribution in [3.05, 3.63) is 97.2 Å². The molecular formula is C63H105NO18. The Hall–Kier alpha value is -3.29. The van der Waals surface area contributed by atoms with Gasteiger partial charge in [0.25, 0.3) is 0 Å². The fraction of sp³-hybridized carbons (Fsp3) is 0.730. The van der Waals surface area contributed by atoms with Crippen molar-refractivity contribution in [3.8, 4) is 0 Å². The van der Waals surface area contributed by atoms with Crippen LogP contribution in [0, 0.1) is 0 Å². The number of allylic oxidation sites excluding steroid dienone is 15. The molecule has 0 saturated carbocycles. The number of aliphatic hydroxyl groups excluding tert-OH is 11. The third-order valence-electron chi connectivity index (χ3n) is 14.6. The van der Waals surface area contributed by atoms with Crippen LogP contribution in [0.5, 0.6) is 0 Å². The maximum Gasteiger partial charge on any atom is 0.220 e. The molecule has 19 nitrogen and oxygen atoms in total. The highest BCUT2D eigenvalue weighted by molar-refractivity contribution is 5.76. The van der Waals surface area contributed by atoms with E-state index in [4.69, 9.17) is 28.4 Å². The van der Waals surface area contributed by atoms with Gasteiger partial charge in [-0.15, -0.1) is 0 Å². The van der Waals surface area contributed by atoms with Crippen LogP contribution in [0.3, 0.4) is 0 Å². The molecule has 0 aromatic heterocycles. The van der Waals surface area contributed by atoms with Gasteiger partial charge in [-0.3, -0.25) is 4.79 Å². The van der Waals surface area contributed by atoms with Gasteiger partial charge in [0.05, 0.1) is 38.6 Å². The molecule has 3 saturated heterocycles. The van der Waals surface area contributed by atoms with Crippen molar-refractivity contribution in [1.82, 2.24) is 5.32 Å². The lowest BCUT2D eigenvalue weighted by atomic mass is 9.96. The molecular weight excluding hydrogens is 1060 g/mol. The van der Waals surface area contributed by atoms with Gasteiger partial charge >= 0.3 is 0 Å². The van der Waals surface area contributed by atoms with Gasteiger partial charge in [0.1, 0.15) is 73.2 Å². The SMILES string of the molecule is CC/C=C\C/C=C\C/C=C\C/C=C\C/C=C\CCCCCCCCCCCC(=O)NC(COC1OC(CO)C(OC2OC(CO)C(OC3OC(CO)C(O)C(O)C3O)C(O)C2O)C(O)C1O)C(O)/C=C/CC/C=C/CC/C=C/CCCC. The molecule has 470 valence electrons. The number of ether oxygens (including phenoxy) is 6.